The van der Waals surface area contributed by atoms with E-state index in [4.69, 9.17) is 4.42 Å². The largest absolute Gasteiger partial charge is 0.436 e. The molecule has 3 nitrogen and oxygen atoms in total. The fraction of sp³-hybridized carbons (Fsp3) is 0.542. The van der Waals surface area contributed by atoms with E-state index in [1.807, 2.05) is 6.07 Å². The number of aryl methyl sites for hydroxylation is 1. The van der Waals surface area contributed by atoms with Gasteiger partial charge < -0.3 is 9.32 Å². The molecule has 1 fully saturated rings. The molecule has 0 N–H and O–H groups in total. The van der Waals surface area contributed by atoms with Gasteiger partial charge >= 0.3 is 0 Å². The van der Waals surface area contributed by atoms with Gasteiger partial charge in [0.05, 0.1) is 5.69 Å². The van der Waals surface area contributed by atoms with E-state index in [-0.39, 0.29) is 16.4 Å². The Kier molecular flexibility index (Phi) is 3.73. The first-order valence-corrected chi connectivity index (χ1v) is 10.1. The predicted molar refractivity (Wildman–Crippen MR) is 114 cm³/mol. The minimum Gasteiger partial charge on any atom is -0.436 e. The maximum absolute atomic E-state index is 6.35. The average Bonchev–Trinajstić information content (AvgIpc) is 3.04. The van der Waals surface area contributed by atoms with Crippen LogP contribution in [0.3, 0.4) is 0 Å². The Morgan fingerprint density at radius 1 is 1.07 bits per heavy atom. The molecule has 2 atom stereocenters. The number of anilines is 1. The number of benzene rings is 1. The van der Waals surface area contributed by atoms with Crippen LogP contribution in [0.1, 0.15) is 60.5 Å². The first-order chi connectivity index (χ1) is 12.6. The van der Waals surface area contributed by atoms with Crippen LogP contribution in [0.25, 0.3) is 22.1 Å². The van der Waals surface area contributed by atoms with Gasteiger partial charge in [0.25, 0.3) is 0 Å². The van der Waals surface area contributed by atoms with Gasteiger partial charge in [-0.15, -0.1) is 0 Å². The summed E-state index contributed by atoms with van der Waals surface area (Å²) in [5.41, 5.74) is 4.54. The van der Waals surface area contributed by atoms with Crippen LogP contribution in [-0.2, 0) is 0 Å². The molecule has 1 aliphatic heterocycles. The fourth-order valence-electron chi connectivity index (χ4n) is 5.38. The Bertz CT molecular complexity index is 1030. The zero-order valence-electron chi connectivity index (χ0n) is 18.0. The third-order valence-corrected chi connectivity index (χ3v) is 8.44. The van der Waals surface area contributed by atoms with Crippen molar-refractivity contribution in [3.63, 3.8) is 0 Å². The normalized spacial score (nSPS) is 27.0. The Labute approximate surface area is 162 Å². The molecular weight excluding hydrogens is 332 g/mol. The summed E-state index contributed by atoms with van der Waals surface area (Å²) in [4.78, 5) is 7.12. The zero-order chi connectivity index (χ0) is 19.8. The van der Waals surface area contributed by atoms with Gasteiger partial charge in [0.15, 0.2) is 5.58 Å². The third-order valence-electron chi connectivity index (χ3n) is 8.44. The number of hydrogen-bond acceptors (Lipinski definition) is 3. The summed E-state index contributed by atoms with van der Waals surface area (Å²) in [5, 5.41) is 2.25. The van der Waals surface area contributed by atoms with E-state index in [0.717, 1.165) is 28.5 Å². The summed E-state index contributed by atoms with van der Waals surface area (Å²) >= 11 is 0. The van der Waals surface area contributed by atoms with Crippen molar-refractivity contribution in [1.82, 2.24) is 4.98 Å². The fourth-order valence-corrected chi connectivity index (χ4v) is 5.38. The molecule has 1 saturated heterocycles. The van der Waals surface area contributed by atoms with Gasteiger partial charge in [-0.3, -0.25) is 0 Å². The maximum Gasteiger partial charge on any atom is 0.227 e. The quantitative estimate of drug-likeness (QED) is 0.505. The minimum atomic E-state index is 0.0291. The summed E-state index contributed by atoms with van der Waals surface area (Å²) in [6.45, 7) is 19.0. The van der Waals surface area contributed by atoms with Crippen molar-refractivity contribution in [1.29, 1.82) is 0 Å². The Morgan fingerprint density at radius 2 is 1.78 bits per heavy atom. The van der Waals surface area contributed by atoms with Crippen LogP contribution in [0.15, 0.2) is 34.9 Å². The highest BCUT2D eigenvalue weighted by Gasteiger charge is 2.63. The molecule has 2 aromatic heterocycles. The molecule has 4 rings (SSSR count). The average molecular weight is 365 g/mol. The van der Waals surface area contributed by atoms with Crippen LogP contribution >= 0.6 is 0 Å². The molecule has 27 heavy (non-hydrogen) atoms. The zero-order valence-corrected chi connectivity index (χ0v) is 18.0. The molecule has 3 aromatic rings. The first kappa shape index (κ1) is 18.3. The molecule has 0 aliphatic carbocycles. The topological polar surface area (TPSA) is 29.3 Å². The number of hydrogen-bond donors (Lipinski definition) is 0. The van der Waals surface area contributed by atoms with E-state index >= 15 is 0 Å². The third kappa shape index (κ3) is 2.06. The summed E-state index contributed by atoms with van der Waals surface area (Å²) in [7, 11) is 0. The molecule has 0 radical (unpaired) electrons. The number of nitrogens with zero attached hydrogens (tertiary/aromatic N) is 2. The monoisotopic (exact) mass is 364 g/mol. The van der Waals surface area contributed by atoms with Crippen LogP contribution < -0.4 is 4.90 Å². The van der Waals surface area contributed by atoms with E-state index in [1.54, 1.807) is 6.20 Å². The second kappa shape index (κ2) is 5.50. The van der Waals surface area contributed by atoms with E-state index in [9.17, 15) is 0 Å². The SMILES string of the molecule is CCC1(C)N(c2c(C)ccc3c2oc2ncccc23)[C@@H](C)C(C)(C)C1(C)C. The van der Waals surface area contributed by atoms with Gasteiger partial charge in [-0.1, -0.05) is 46.8 Å². The summed E-state index contributed by atoms with van der Waals surface area (Å²) in [6, 6.07) is 8.90. The lowest BCUT2D eigenvalue weighted by molar-refractivity contribution is 0.0837. The van der Waals surface area contributed by atoms with Gasteiger partial charge in [0, 0.05) is 28.6 Å². The Balaban J connectivity index is 2.08. The van der Waals surface area contributed by atoms with Crippen molar-refractivity contribution in [2.24, 2.45) is 10.8 Å². The second-order valence-corrected chi connectivity index (χ2v) is 9.59. The predicted octanol–water partition coefficient (Wildman–Crippen LogP) is 6.72. The molecule has 1 aromatic carbocycles. The van der Waals surface area contributed by atoms with Gasteiger partial charge in [-0.05, 0) is 55.7 Å². The summed E-state index contributed by atoms with van der Waals surface area (Å²) in [5.74, 6) is 0. The molecule has 0 bridgehead atoms. The van der Waals surface area contributed by atoms with Gasteiger partial charge in [-0.25, -0.2) is 4.98 Å². The number of furan rings is 1. The molecule has 1 aliphatic rings. The molecule has 3 heterocycles. The van der Waals surface area contributed by atoms with Crippen molar-refractivity contribution >= 4 is 27.8 Å². The number of fused-ring (bicyclic) bond motifs is 3. The Hall–Kier alpha value is -2.03. The van der Waals surface area contributed by atoms with Crippen LogP contribution in [0, 0.1) is 17.8 Å². The van der Waals surface area contributed by atoms with Crippen LogP contribution in [0.2, 0.25) is 0 Å². The Morgan fingerprint density at radius 3 is 2.44 bits per heavy atom. The highest BCUT2D eigenvalue weighted by atomic mass is 16.3. The van der Waals surface area contributed by atoms with Crippen molar-refractivity contribution < 1.29 is 4.42 Å². The highest BCUT2D eigenvalue weighted by molar-refractivity contribution is 6.08. The molecule has 0 amide bonds. The lowest BCUT2D eigenvalue weighted by Crippen LogP contribution is -2.51. The lowest BCUT2D eigenvalue weighted by atomic mass is 9.59. The molecule has 144 valence electrons. The van der Waals surface area contributed by atoms with E-state index < -0.39 is 0 Å². The van der Waals surface area contributed by atoms with Crippen LogP contribution in [0.4, 0.5) is 5.69 Å². The second-order valence-electron chi connectivity index (χ2n) is 9.59. The standard InChI is InChI=1S/C24H32N2O/c1-9-24(8)23(6,7)22(4,5)16(3)26(24)19-15(2)12-13-17-18-11-10-14-25-21(18)27-20(17)19/h10-14,16H,9H2,1-8H3/t16-,24?/m0/s1. The van der Waals surface area contributed by atoms with E-state index in [2.05, 4.69) is 83.5 Å². The van der Waals surface area contributed by atoms with Gasteiger partial charge in [0.2, 0.25) is 5.71 Å². The summed E-state index contributed by atoms with van der Waals surface area (Å²) < 4.78 is 6.35. The lowest BCUT2D eigenvalue weighted by Gasteiger charge is -2.47. The van der Waals surface area contributed by atoms with Crippen molar-refractivity contribution in [2.75, 3.05) is 4.90 Å². The first-order valence-electron chi connectivity index (χ1n) is 10.1. The number of rotatable bonds is 2. The van der Waals surface area contributed by atoms with Gasteiger partial charge in [0.1, 0.15) is 0 Å². The smallest absolute Gasteiger partial charge is 0.227 e. The highest BCUT2D eigenvalue weighted by Crippen LogP contribution is 2.62. The number of aromatic nitrogens is 1. The minimum absolute atomic E-state index is 0.0291. The van der Waals surface area contributed by atoms with E-state index in [0.29, 0.717) is 6.04 Å². The molecule has 1 unspecified atom stereocenters. The molecule has 0 saturated carbocycles. The summed E-state index contributed by atoms with van der Waals surface area (Å²) in [6.07, 6.45) is 2.89. The van der Waals surface area contributed by atoms with Crippen molar-refractivity contribution in [3.05, 3.63) is 36.0 Å². The van der Waals surface area contributed by atoms with Crippen LogP contribution in [0.5, 0.6) is 0 Å². The molecule has 0 spiro atoms. The maximum atomic E-state index is 6.35. The van der Waals surface area contributed by atoms with Crippen LogP contribution in [-0.4, -0.2) is 16.6 Å². The molecule has 3 heteroatoms. The number of pyridine rings is 1. The molecular formula is C24H32N2O. The van der Waals surface area contributed by atoms with Crippen molar-refractivity contribution in [3.8, 4) is 0 Å². The van der Waals surface area contributed by atoms with Crippen molar-refractivity contribution in [2.45, 2.75) is 73.4 Å². The van der Waals surface area contributed by atoms with E-state index in [1.165, 1.54) is 11.3 Å². The van der Waals surface area contributed by atoms with Gasteiger partial charge in [-0.2, -0.15) is 0 Å².